The molecular formula is C6H5F13O8P2. The molecule has 0 spiro atoms. The van der Waals surface area contributed by atoms with E-state index in [9.17, 15) is 66.2 Å². The van der Waals surface area contributed by atoms with Crippen molar-refractivity contribution in [2.24, 2.45) is 0 Å². The van der Waals surface area contributed by atoms with E-state index in [1.54, 1.807) is 0 Å². The molecule has 0 fully saturated rings. The second-order valence-electron chi connectivity index (χ2n) is 4.06. The molecule has 0 rings (SSSR count). The van der Waals surface area contributed by atoms with Gasteiger partial charge in [-0.25, -0.2) is 18.2 Å². The summed E-state index contributed by atoms with van der Waals surface area (Å²) < 4.78 is 177. The molecule has 0 aliphatic carbocycles. The Hall–Kier alpha value is -0.690. The molecule has 0 radical (unpaired) electrons. The molecule has 0 aromatic heterocycles. The highest BCUT2D eigenvalue weighted by molar-refractivity contribution is 7.47. The lowest BCUT2D eigenvalue weighted by molar-refractivity contribution is -0.385. The van der Waals surface area contributed by atoms with E-state index in [0.717, 1.165) is 0 Å². The molecule has 0 amide bonds. The first kappa shape index (κ1) is 30.5. The van der Waals surface area contributed by atoms with Crippen molar-refractivity contribution in [1.82, 2.24) is 0 Å². The quantitative estimate of drug-likeness (QED) is 0.358. The van der Waals surface area contributed by atoms with Gasteiger partial charge in [-0.05, 0) is 0 Å². The maximum absolute atomic E-state index is 12.0. The van der Waals surface area contributed by atoms with E-state index >= 15 is 0 Å². The zero-order valence-electron chi connectivity index (χ0n) is 12.4. The van der Waals surface area contributed by atoms with Crippen molar-refractivity contribution in [2.45, 2.75) is 30.7 Å². The van der Waals surface area contributed by atoms with Crippen LogP contribution in [0.2, 0.25) is 0 Å². The van der Waals surface area contributed by atoms with Gasteiger partial charge in [0.25, 0.3) is 0 Å². The lowest BCUT2D eigenvalue weighted by atomic mass is 10.6. The first-order valence-electron chi connectivity index (χ1n) is 5.52. The van der Waals surface area contributed by atoms with Crippen molar-refractivity contribution >= 4 is 15.6 Å². The maximum atomic E-state index is 12.0. The third kappa shape index (κ3) is 13.3. The van der Waals surface area contributed by atoms with Crippen molar-refractivity contribution < 1.29 is 94.5 Å². The van der Waals surface area contributed by atoms with E-state index in [0.29, 0.717) is 0 Å². The number of alkyl halides is 13. The molecule has 0 aromatic rings. The molecule has 0 bridgehead atoms. The first-order valence-corrected chi connectivity index (χ1v) is 8.55. The second kappa shape index (κ2) is 9.21. The van der Waals surface area contributed by atoms with Crippen LogP contribution < -0.4 is 0 Å². The fourth-order valence-corrected chi connectivity index (χ4v) is 1.71. The Morgan fingerprint density at radius 3 is 1.03 bits per heavy atom. The van der Waals surface area contributed by atoms with Gasteiger partial charge >= 0.3 is 46.4 Å². The minimum absolute atomic E-state index is 1.93. The maximum Gasteiger partial charge on any atom is 0.483 e. The van der Waals surface area contributed by atoms with Crippen LogP contribution in [0.25, 0.3) is 0 Å². The minimum Gasteiger partial charge on any atom is -0.303 e. The molecule has 0 saturated heterocycles. The molecule has 3 N–H and O–H groups in total. The predicted octanol–water partition coefficient (Wildman–Crippen LogP) is 4.09. The van der Waals surface area contributed by atoms with Crippen LogP contribution in [0.15, 0.2) is 0 Å². The number of phosphoric ester groups is 2. The van der Waals surface area contributed by atoms with Gasteiger partial charge in [-0.15, -0.1) is 0 Å². The SMILES string of the molecule is O=P(O)(O)OCC(F)(F)F.O=P(O)(OC(F)(F)C(F)(F)F)OC(F)(F)C(F)(F)F. The Morgan fingerprint density at radius 2 is 0.897 bits per heavy atom. The Kier molecular flexibility index (Phi) is 9.69. The van der Waals surface area contributed by atoms with Crippen LogP contribution in [0.1, 0.15) is 0 Å². The number of hydrogen-bond acceptors (Lipinski definition) is 5. The zero-order chi connectivity index (χ0) is 24.3. The summed E-state index contributed by atoms with van der Waals surface area (Å²) >= 11 is 0. The van der Waals surface area contributed by atoms with Crippen LogP contribution in [0.3, 0.4) is 0 Å². The van der Waals surface area contributed by atoms with E-state index in [-0.39, 0.29) is 0 Å². The van der Waals surface area contributed by atoms with Gasteiger partial charge in [-0.2, -0.15) is 57.1 Å². The van der Waals surface area contributed by atoms with E-state index in [2.05, 4.69) is 4.52 Å². The smallest absolute Gasteiger partial charge is 0.303 e. The molecule has 0 aliphatic rings. The molecule has 0 aromatic carbocycles. The van der Waals surface area contributed by atoms with Gasteiger partial charge in [0.1, 0.15) is 0 Å². The van der Waals surface area contributed by atoms with Gasteiger partial charge in [-0.3, -0.25) is 4.52 Å². The molecule has 0 saturated carbocycles. The first-order chi connectivity index (χ1) is 12.1. The van der Waals surface area contributed by atoms with E-state index in [1.807, 2.05) is 9.05 Å². The molecule has 8 nitrogen and oxygen atoms in total. The van der Waals surface area contributed by atoms with Gasteiger partial charge in [0, 0.05) is 0 Å². The molecule has 0 unspecified atom stereocenters. The average molecular weight is 514 g/mol. The van der Waals surface area contributed by atoms with Crippen LogP contribution in [0.4, 0.5) is 57.1 Å². The number of hydrogen-bond donors (Lipinski definition) is 3. The molecular weight excluding hydrogens is 509 g/mol. The summed E-state index contributed by atoms with van der Waals surface area (Å²) in [6.45, 7) is -1.93. The molecule has 0 atom stereocenters. The highest BCUT2D eigenvalue weighted by Gasteiger charge is 2.67. The summed E-state index contributed by atoms with van der Waals surface area (Å²) in [6, 6.07) is 0. The van der Waals surface area contributed by atoms with Gasteiger partial charge in [0.15, 0.2) is 6.61 Å². The summed E-state index contributed by atoms with van der Waals surface area (Å²) in [5.74, 6) is 0. The standard InChI is InChI=1S/C4HF10O4P.C2H4F3O4P/c5-1(6,7)3(11,12)17-19(15,16)18-4(13,14)2(8,9)10;3-2(4,5)1-9-10(6,7)8/h(H,15,16);1H2,(H2,6,7,8). The fraction of sp³-hybridized carbons (Fsp3) is 1.00. The van der Waals surface area contributed by atoms with Crippen LogP contribution in [0.5, 0.6) is 0 Å². The highest BCUT2D eigenvalue weighted by atomic mass is 31.2. The van der Waals surface area contributed by atoms with Crippen molar-refractivity contribution in [3.8, 4) is 0 Å². The fourth-order valence-electron chi connectivity index (χ4n) is 0.569. The molecule has 29 heavy (non-hydrogen) atoms. The molecule has 23 heteroatoms. The summed E-state index contributed by atoms with van der Waals surface area (Å²) in [5, 5.41) is 0. The van der Waals surface area contributed by atoms with Crippen LogP contribution in [-0.2, 0) is 22.7 Å². The van der Waals surface area contributed by atoms with E-state index in [4.69, 9.17) is 14.7 Å². The molecule has 0 heterocycles. The highest BCUT2D eigenvalue weighted by Crippen LogP contribution is 2.57. The van der Waals surface area contributed by atoms with Crippen LogP contribution in [-0.4, -0.2) is 52.0 Å². The number of phosphoric acid groups is 2. The topological polar surface area (TPSA) is 123 Å². The zero-order valence-corrected chi connectivity index (χ0v) is 14.2. The Morgan fingerprint density at radius 1 is 0.621 bits per heavy atom. The van der Waals surface area contributed by atoms with Gasteiger partial charge in [-0.1, -0.05) is 0 Å². The largest absolute Gasteiger partial charge is 0.483 e. The van der Waals surface area contributed by atoms with Crippen molar-refractivity contribution in [3.63, 3.8) is 0 Å². The molecule has 0 aliphatic heterocycles. The average Bonchev–Trinajstić information content (AvgIpc) is 2.29. The van der Waals surface area contributed by atoms with E-state index in [1.165, 1.54) is 0 Å². The lowest BCUT2D eigenvalue weighted by Gasteiger charge is -2.25. The number of halogens is 13. The molecule has 178 valence electrons. The van der Waals surface area contributed by atoms with E-state index < -0.39 is 53.0 Å². The van der Waals surface area contributed by atoms with Gasteiger partial charge < -0.3 is 14.7 Å². The third-order valence-electron chi connectivity index (χ3n) is 1.52. The summed E-state index contributed by atoms with van der Waals surface area (Å²) in [7, 11) is -12.1. The van der Waals surface area contributed by atoms with Crippen LogP contribution >= 0.6 is 15.6 Å². The minimum atomic E-state index is -7.07. The Balaban J connectivity index is 0. The third-order valence-corrected chi connectivity index (χ3v) is 2.90. The summed E-state index contributed by atoms with van der Waals surface area (Å²) in [5.41, 5.74) is 0. The second-order valence-corrected chi connectivity index (χ2v) is 6.60. The predicted molar refractivity (Wildman–Crippen MR) is 58.1 cm³/mol. The Bertz CT molecular complexity index is 586. The summed E-state index contributed by atoms with van der Waals surface area (Å²) in [6.07, 6.45) is -30.9. The van der Waals surface area contributed by atoms with Crippen LogP contribution in [0, 0.1) is 0 Å². The monoisotopic (exact) mass is 514 g/mol. The lowest BCUT2D eigenvalue weighted by Crippen LogP contribution is -2.41. The van der Waals surface area contributed by atoms with Crippen molar-refractivity contribution in [1.29, 1.82) is 0 Å². The Labute approximate surface area is 149 Å². The summed E-state index contributed by atoms with van der Waals surface area (Å²) in [4.78, 5) is 23.6. The van der Waals surface area contributed by atoms with Crippen molar-refractivity contribution in [2.75, 3.05) is 6.61 Å². The number of rotatable bonds is 6. The van der Waals surface area contributed by atoms with Gasteiger partial charge in [0.2, 0.25) is 0 Å². The van der Waals surface area contributed by atoms with Gasteiger partial charge in [0.05, 0.1) is 0 Å². The normalized spacial score (nSPS) is 15.0. The van der Waals surface area contributed by atoms with Crippen molar-refractivity contribution in [3.05, 3.63) is 0 Å².